The van der Waals surface area contributed by atoms with Crippen LogP contribution < -0.4 is 4.74 Å². The monoisotopic (exact) mass is 528 g/mol. The maximum Gasteiger partial charge on any atom is 0.303 e. The average molecular weight is 529 g/mol. The van der Waals surface area contributed by atoms with Crippen LogP contribution >= 0.6 is 0 Å². The van der Waals surface area contributed by atoms with Gasteiger partial charge in [-0.1, -0.05) is 36.4 Å². The summed E-state index contributed by atoms with van der Waals surface area (Å²) in [6.07, 6.45) is 8.39. The minimum absolute atomic E-state index is 0.0461. The Morgan fingerprint density at radius 3 is 2.69 bits per heavy atom. The summed E-state index contributed by atoms with van der Waals surface area (Å²) in [5.41, 5.74) is 1.75. The lowest BCUT2D eigenvalue weighted by Gasteiger charge is -2.65. The molecular weight excluding hydrogens is 492 g/mol. The zero-order chi connectivity index (χ0) is 26.9. The normalized spacial score (nSPS) is 32.4. The first-order valence-corrected chi connectivity index (χ1v) is 14.3. The Hall–Kier alpha value is -3.32. The van der Waals surface area contributed by atoms with Crippen molar-refractivity contribution < 1.29 is 24.2 Å². The van der Waals surface area contributed by atoms with E-state index in [-0.39, 0.29) is 29.7 Å². The van der Waals surface area contributed by atoms with Crippen molar-refractivity contribution in [2.24, 2.45) is 5.92 Å². The van der Waals surface area contributed by atoms with Crippen LogP contribution in [0.5, 0.6) is 11.5 Å². The Kier molecular flexibility index (Phi) is 5.60. The topological polar surface area (TPSA) is 79.3 Å². The number of hydrogen-bond acceptors (Lipinski definition) is 6. The van der Waals surface area contributed by atoms with Crippen molar-refractivity contribution in [2.75, 3.05) is 20.1 Å². The Labute approximate surface area is 229 Å². The molecule has 39 heavy (non-hydrogen) atoms. The van der Waals surface area contributed by atoms with Crippen molar-refractivity contribution in [3.05, 3.63) is 65.2 Å². The van der Waals surface area contributed by atoms with Crippen LogP contribution in [0.3, 0.4) is 0 Å². The van der Waals surface area contributed by atoms with E-state index in [0.717, 1.165) is 48.5 Å². The van der Waals surface area contributed by atoms with Crippen LogP contribution in [0.15, 0.2) is 48.5 Å². The summed E-state index contributed by atoms with van der Waals surface area (Å²) in [7, 11) is 1.84. The second-order valence-electron chi connectivity index (χ2n) is 12.1. The lowest BCUT2D eigenvalue weighted by molar-refractivity contribution is -0.223. The van der Waals surface area contributed by atoms with Crippen LogP contribution in [0.1, 0.15) is 55.7 Å². The van der Waals surface area contributed by atoms with Crippen molar-refractivity contribution in [3.63, 3.8) is 0 Å². The predicted octanol–water partition coefficient (Wildman–Crippen LogP) is 4.07. The van der Waals surface area contributed by atoms with E-state index in [4.69, 9.17) is 9.47 Å². The second kappa shape index (κ2) is 8.85. The first-order valence-electron chi connectivity index (χ1n) is 14.3. The molecule has 2 bridgehead atoms. The molecule has 2 aromatic carbocycles. The molecule has 2 unspecified atom stereocenters. The number of phenolic OH excluding ortho intramolecular Hbond substituents is 1. The molecule has 7 rings (SSSR count). The summed E-state index contributed by atoms with van der Waals surface area (Å²) >= 11 is 0. The maximum atomic E-state index is 13.5. The average Bonchev–Trinajstić information content (AvgIpc) is 3.67. The number of hydrogen-bond donors (Lipinski definition) is 1. The molecule has 1 amide bonds. The molecule has 3 aliphatic carbocycles. The van der Waals surface area contributed by atoms with E-state index in [9.17, 15) is 14.7 Å². The number of aromatic hydroxyl groups is 1. The Morgan fingerprint density at radius 2 is 1.95 bits per heavy atom. The van der Waals surface area contributed by atoms with Gasteiger partial charge in [0.05, 0.1) is 17.5 Å². The summed E-state index contributed by atoms with van der Waals surface area (Å²) < 4.78 is 13.2. The van der Waals surface area contributed by atoms with Gasteiger partial charge in [-0.25, -0.2) is 0 Å². The van der Waals surface area contributed by atoms with Crippen LogP contribution in [0.2, 0.25) is 0 Å². The molecule has 1 spiro atoms. The Bertz CT molecular complexity index is 1350. The van der Waals surface area contributed by atoms with Gasteiger partial charge in [0.2, 0.25) is 5.91 Å². The zero-order valence-electron chi connectivity index (χ0n) is 22.6. The first kappa shape index (κ1) is 24.7. The van der Waals surface area contributed by atoms with Crippen molar-refractivity contribution >= 4 is 18.0 Å². The molecule has 1 N–H and O–H groups in total. The fourth-order valence-corrected chi connectivity index (χ4v) is 8.30. The van der Waals surface area contributed by atoms with E-state index in [1.807, 2.05) is 49.5 Å². The minimum atomic E-state index is -0.761. The van der Waals surface area contributed by atoms with Gasteiger partial charge in [-0.3, -0.25) is 14.5 Å². The number of piperidine rings is 1. The highest BCUT2D eigenvalue weighted by Gasteiger charge is 2.75. The molecule has 2 aliphatic heterocycles. The van der Waals surface area contributed by atoms with Gasteiger partial charge in [-0.05, 0) is 74.3 Å². The summed E-state index contributed by atoms with van der Waals surface area (Å²) in [6.45, 7) is 3.42. The van der Waals surface area contributed by atoms with E-state index in [2.05, 4.69) is 4.90 Å². The molecule has 2 heterocycles. The van der Waals surface area contributed by atoms with Gasteiger partial charge < -0.3 is 19.5 Å². The first-order chi connectivity index (χ1) is 18.8. The molecule has 0 radical (unpaired) electrons. The molecule has 2 aromatic rings. The van der Waals surface area contributed by atoms with Gasteiger partial charge in [0, 0.05) is 32.2 Å². The van der Waals surface area contributed by atoms with Gasteiger partial charge in [0.25, 0.3) is 0 Å². The number of benzene rings is 2. The molecule has 204 valence electrons. The number of rotatable bonds is 6. The fourth-order valence-electron chi connectivity index (χ4n) is 8.30. The lowest BCUT2D eigenvalue weighted by atomic mass is 9.48. The number of nitrogens with zero attached hydrogens (tertiary/aromatic N) is 2. The molecular formula is C32H36N2O5. The molecule has 7 nitrogen and oxygen atoms in total. The third kappa shape index (κ3) is 3.58. The quantitative estimate of drug-likeness (QED) is 0.450. The van der Waals surface area contributed by atoms with Crippen molar-refractivity contribution in [1.82, 2.24) is 9.80 Å². The molecule has 5 aliphatic rings. The van der Waals surface area contributed by atoms with Crippen LogP contribution in [-0.4, -0.2) is 70.7 Å². The number of likely N-dealkylation sites (N-methyl/N-ethyl adjacent to an activating group) is 1. The number of amides is 1. The van der Waals surface area contributed by atoms with Crippen molar-refractivity contribution in [2.45, 2.75) is 74.7 Å². The van der Waals surface area contributed by atoms with Crippen LogP contribution in [-0.2, 0) is 26.2 Å². The highest BCUT2D eigenvalue weighted by Crippen LogP contribution is 2.67. The van der Waals surface area contributed by atoms with Gasteiger partial charge in [0.15, 0.2) is 11.5 Å². The molecule has 7 heteroatoms. The lowest BCUT2D eigenvalue weighted by Crippen LogP contribution is -2.79. The van der Waals surface area contributed by atoms with Gasteiger partial charge in [0.1, 0.15) is 11.7 Å². The number of likely N-dealkylation sites (tertiary alicyclic amines) is 1. The summed E-state index contributed by atoms with van der Waals surface area (Å²) in [6, 6.07) is 13.4. The second-order valence-corrected chi connectivity index (χ2v) is 12.1. The van der Waals surface area contributed by atoms with Gasteiger partial charge >= 0.3 is 5.97 Å². The van der Waals surface area contributed by atoms with E-state index in [1.165, 1.54) is 19.8 Å². The van der Waals surface area contributed by atoms with E-state index >= 15 is 0 Å². The van der Waals surface area contributed by atoms with Crippen LogP contribution in [0, 0.1) is 5.92 Å². The largest absolute Gasteiger partial charge is 0.504 e. The zero-order valence-corrected chi connectivity index (χ0v) is 22.6. The van der Waals surface area contributed by atoms with Gasteiger partial charge in [-0.2, -0.15) is 0 Å². The predicted molar refractivity (Wildman–Crippen MR) is 146 cm³/mol. The van der Waals surface area contributed by atoms with E-state index in [1.54, 1.807) is 17.0 Å². The number of carbonyl (C=O) groups is 2. The van der Waals surface area contributed by atoms with Crippen LogP contribution in [0.4, 0.5) is 0 Å². The molecule has 0 aromatic heterocycles. The highest BCUT2D eigenvalue weighted by molar-refractivity contribution is 5.92. The molecule has 3 fully saturated rings. The minimum Gasteiger partial charge on any atom is -0.504 e. The summed E-state index contributed by atoms with van der Waals surface area (Å²) in [5.74, 6) is 0.970. The molecule has 1 saturated heterocycles. The molecule has 5 atom stereocenters. The number of esters is 1. The maximum absolute atomic E-state index is 13.5. The van der Waals surface area contributed by atoms with E-state index < -0.39 is 17.1 Å². The number of ether oxygens (including phenoxy) is 2. The van der Waals surface area contributed by atoms with Gasteiger partial charge in [-0.15, -0.1) is 0 Å². The smallest absolute Gasteiger partial charge is 0.303 e. The summed E-state index contributed by atoms with van der Waals surface area (Å²) in [5, 5.41) is 11.0. The summed E-state index contributed by atoms with van der Waals surface area (Å²) in [4.78, 5) is 30.6. The third-order valence-electron chi connectivity index (χ3n) is 10.1. The SMILES string of the molecule is CC(=O)O[C@@]12CCC(N(C)C(=O)/C=C/c3ccccc3)C3Oc4c(O)ccc5c4[C@@]31CCN(CC1CC1)[C@@H]2C5. The standard InChI is InChI=1S/C32H36N2O5/c1-20(35)39-32-15-14-24(33(2)27(37)13-10-21-6-4-3-5-7-21)30-31(32)16-17-34(19-22-8-9-22)26(32)18-23-11-12-25(36)29(38-30)28(23)31/h3-7,10-13,22,24,26,30,36H,8-9,14-19H2,1-2H3/b13-10+/t24?,26-,30?,31+,32-/m1/s1. The highest BCUT2D eigenvalue weighted by atomic mass is 16.6. The molecule has 2 saturated carbocycles. The number of carbonyl (C=O) groups excluding carboxylic acids is 2. The van der Waals surface area contributed by atoms with Crippen molar-refractivity contribution in [3.8, 4) is 11.5 Å². The third-order valence-corrected chi connectivity index (χ3v) is 10.1. The van der Waals surface area contributed by atoms with E-state index in [0.29, 0.717) is 18.6 Å². The number of phenols is 1. The fraction of sp³-hybridized carbons (Fsp3) is 0.500. The van der Waals surface area contributed by atoms with Crippen LogP contribution in [0.25, 0.3) is 6.08 Å². The van der Waals surface area contributed by atoms with Crippen molar-refractivity contribution in [1.29, 1.82) is 0 Å². The Balaban J connectivity index is 1.31. The Morgan fingerprint density at radius 1 is 1.15 bits per heavy atom.